The molecule has 0 atom stereocenters. The number of carbonyl (C=O) groups is 1. The van der Waals surface area contributed by atoms with Crippen molar-refractivity contribution < 1.29 is 14.4 Å². The number of halogens is 1. The lowest BCUT2D eigenvalue weighted by Gasteiger charge is -2.19. The Hall–Kier alpha value is -2.08. The third kappa shape index (κ3) is 3.72. The minimum Gasteiger partial charge on any atom is -0.465 e. The van der Waals surface area contributed by atoms with E-state index < -0.39 is 6.09 Å². The third-order valence-corrected chi connectivity index (χ3v) is 2.98. The summed E-state index contributed by atoms with van der Waals surface area (Å²) in [4.78, 5) is 17.1. The second-order valence-electron chi connectivity index (χ2n) is 4.80. The monoisotopic (exact) mass is 311 g/mol. The summed E-state index contributed by atoms with van der Waals surface area (Å²) in [7, 11) is 0. The molecule has 0 radical (unpaired) electrons. The molecule has 2 rings (SSSR count). The molecule has 114 valence electrons. The molecule has 7 heteroatoms. The van der Waals surface area contributed by atoms with Crippen LogP contribution in [0, 0.1) is 27.7 Å². The summed E-state index contributed by atoms with van der Waals surface area (Å²) < 4.78 is 5.04. The number of rotatable bonds is 3. The van der Waals surface area contributed by atoms with Crippen molar-refractivity contribution in [3.05, 3.63) is 40.5 Å². The van der Waals surface area contributed by atoms with E-state index in [0.717, 1.165) is 17.0 Å². The number of hydrogen-bond acceptors (Lipinski definition) is 4. The second-order valence-corrected chi connectivity index (χ2v) is 4.80. The van der Waals surface area contributed by atoms with E-state index in [1.807, 2.05) is 26.0 Å². The van der Waals surface area contributed by atoms with Crippen LogP contribution in [0.4, 0.5) is 10.5 Å². The molecule has 2 aromatic rings. The highest BCUT2D eigenvalue weighted by Crippen LogP contribution is 2.26. The van der Waals surface area contributed by atoms with Crippen LogP contribution in [0.2, 0.25) is 0 Å². The summed E-state index contributed by atoms with van der Waals surface area (Å²) in [5.41, 5.74) is 3.68. The lowest BCUT2D eigenvalue weighted by Crippen LogP contribution is -2.29. The van der Waals surface area contributed by atoms with Crippen LogP contribution in [-0.2, 0) is 6.54 Å². The smallest absolute Gasteiger partial charge is 0.412 e. The lowest BCUT2D eigenvalue weighted by atomic mass is 10.1. The highest BCUT2D eigenvalue weighted by Gasteiger charge is 2.23. The molecule has 6 nitrogen and oxygen atoms in total. The van der Waals surface area contributed by atoms with Crippen LogP contribution in [0.5, 0.6) is 0 Å². The molecule has 0 aliphatic carbocycles. The largest absolute Gasteiger partial charge is 0.465 e. The number of nitrogens with zero attached hydrogens (tertiary/aromatic N) is 3. The Balaban J connectivity index is 0.00000220. The number of hydrogen-bond donors (Lipinski definition) is 1. The number of aryl methyl sites for hydroxylation is 4. The van der Waals surface area contributed by atoms with Crippen LogP contribution >= 0.6 is 12.4 Å². The number of carboxylic acid groups (broad SMARTS) is 1. The number of anilines is 1. The van der Waals surface area contributed by atoms with Gasteiger partial charge in [-0.1, -0.05) is 5.16 Å². The van der Waals surface area contributed by atoms with Gasteiger partial charge in [0.15, 0.2) is 5.76 Å². The topological polar surface area (TPSA) is 79.5 Å². The molecule has 1 amide bonds. The predicted molar refractivity (Wildman–Crippen MR) is 81.1 cm³/mol. The van der Waals surface area contributed by atoms with E-state index in [0.29, 0.717) is 17.1 Å². The molecule has 0 aromatic carbocycles. The minimum absolute atomic E-state index is 0. The summed E-state index contributed by atoms with van der Waals surface area (Å²) >= 11 is 0. The highest BCUT2D eigenvalue weighted by atomic mass is 35.5. The zero-order chi connectivity index (χ0) is 14.9. The van der Waals surface area contributed by atoms with E-state index in [1.54, 1.807) is 13.8 Å². The van der Waals surface area contributed by atoms with Crippen LogP contribution in [0.3, 0.4) is 0 Å². The van der Waals surface area contributed by atoms with Crippen LogP contribution in [0.25, 0.3) is 0 Å². The molecular formula is C14H18ClN3O3. The molecule has 0 saturated heterocycles. The molecule has 1 N–H and O–H groups in total. The number of pyridine rings is 1. The Morgan fingerprint density at radius 1 is 1.24 bits per heavy atom. The van der Waals surface area contributed by atoms with Crippen LogP contribution in [0.1, 0.15) is 28.4 Å². The van der Waals surface area contributed by atoms with Crippen molar-refractivity contribution in [2.24, 2.45) is 0 Å². The van der Waals surface area contributed by atoms with E-state index in [9.17, 15) is 9.90 Å². The molecule has 0 fully saturated rings. The molecule has 0 aliphatic rings. The van der Waals surface area contributed by atoms with Crippen molar-refractivity contribution in [3.63, 3.8) is 0 Å². The Morgan fingerprint density at radius 3 is 2.24 bits per heavy atom. The molecular weight excluding hydrogens is 294 g/mol. The summed E-state index contributed by atoms with van der Waals surface area (Å²) in [5, 5.41) is 13.2. The van der Waals surface area contributed by atoms with Crippen molar-refractivity contribution in [1.82, 2.24) is 10.1 Å². The maximum Gasteiger partial charge on any atom is 0.412 e. The summed E-state index contributed by atoms with van der Waals surface area (Å²) in [6, 6.07) is 3.75. The average molecular weight is 312 g/mol. The van der Waals surface area contributed by atoms with Crippen molar-refractivity contribution >= 4 is 24.2 Å². The van der Waals surface area contributed by atoms with Crippen molar-refractivity contribution in [1.29, 1.82) is 0 Å². The van der Waals surface area contributed by atoms with Crippen molar-refractivity contribution in [2.45, 2.75) is 34.2 Å². The molecule has 2 heterocycles. The Morgan fingerprint density at radius 2 is 1.81 bits per heavy atom. The van der Waals surface area contributed by atoms with Gasteiger partial charge in [-0.2, -0.15) is 0 Å². The number of amides is 1. The lowest BCUT2D eigenvalue weighted by molar-refractivity contribution is 0.201. The Bertz CT molecular complexity index is 615. The van der Waals surface area contributed by atoms with Gasteiger partial charge in [0.05, 0.1) is 6.54 Å². The first kappa shape index (κ1) is 17.0. The summed E-state index contributed by atoms with van der Waals surface area (Å²) in [6.07, 6.45) is -1.04. The van der Waals surface area contributed by atoms with Gasteiger partial charge in [-0.05, 0) is 45.4 Å². The molecule has 0 bridgehead atoms. The third-order valence-electron chi connectivity index (χ3n) is 2.98. The summed E-state index contributed by atoms with van der Waals surface area (Å²) in [5.74, 6) is 0.493. The second kappa shape index (κ2) is 6.58. The van der Waals surface area contributed by atoms with Gasteiger partial charge < -0.3 is 9.63 Å². The predicted octanol–water partition coefficient (Wildman–Crippen LogP) is 3.41. The van der Waals surface area contributed by atoms with Crippen molar-refractivity contribution in [2.75, 3.05) is 4.90 Å². The van der Waals surface area contributed by atoms with E-state index in [1.165, 1.54) is 4.90 Å². The average Bonchev–Trinajstić information content (AvgIpc) is 2.65. The van der Waals surface area contributed by atoms with Gasteiger partial charge in [0.25, 0.3) is 0 Å². The van der Waals surface area contributed by atoms with E-state index in [2.05, 4.69) is 10.1 Å². The Kier molecular flexibility index (Phi) is 5.32. The maximum atomic E-state index is 11.5. The molecule has 0 spiro atoms. The first-order valence-electron chi connectivity index (χ1n) is 6.26. The SMILES string of the molecule is Cc1cc(CN(C(=O)O)c2c(C)noc2C)cc(C)n1.Cl. The van der Waals surface area contributed by atoms with E-state index in [-0.39, 0.29) is 19.0 Å². The van der Waals surface area contributed by atoms with Gasteiger partial charge in [0.2, 0.25) is 0 Å². The fraction of sp³-hybridized carbons (Fsp3) is 0.357. The van der Waals surface area contributed by atoms with E-state index >= 15 is 0 Å². The van der Waals surface area contributed by atoms with Gasteiger partial charge in [0, 0.05) is 11.4 Å². The van der Waals surface area contributed by atoms with Crippen molar-refractivity contribution in [3.8, 4) is 0 Å². The minimum atomic E-state index is -1.04. The normalized spacial score (nSPS) is 10.1. The highest BCUT2D eigenvalue weighted by molar-refractivity contribution is 5.87. The van der Waals surface area contributed by atoms with Crippen LogP contribution in [0.15, 0.2) is 16.7 Å². The molecule has 21 heavy (non-hydrogen) atoms. The van der Waals surface area contributed by atoms with Gasteiger partial charge >= 0.3 is 6.09 Å². The van der Waals surface area contributed by atoms with Gasteiger partial charge in [-0.15, -0.1) is 12.4 Å². The zero-order valence-corrected chi connectivity index (χ0v) is 13.2. The maximum absolute atomic E-state index is 11.5. The molecule has 0 aliphatic heterocycles. The zero-order valence-electron chi connectivity index (χ0n) is 12.4. The molecule has 0 unspecified atom stereocenters. The first-order valence-corrected chi connectivity index (χ1v) is 6.26. The quantitative estimate of drug-likeness (QED) is 0.939. The molecule has 2 aromatic heterocycles. The fourth-order valence-corrected chi connectivity index (χ4v) is 2.30. The molecule has 0 saturated carbocycles. The van der Waals surface area contributed by atoms with Gasteiger partial charge in [-0.25, -0.2) is 4.79 Å². The standard InChI is InChI=1S/C14H17N3O3.ClH/c1-8-5-12(6-9(2)15-8)7-17(14(18)19)13-10(3)16-20-11(13)4;/h5-6H,7H2,1-4H3,(H,18,19);1H. The first-order chi connectivity index (χ1) is 9.38. The van der Waals surface area contributed by atoms with E-state index in [4.69, 9.17) is 4.52 Å². The summed E-state index contributed by atoms with van der Waals surface area (Å²) in [6.45, 7) is 7.44. The van der Waals surface area contributed by atoms with Crippen LogP contribution < -0.4 is 4.90 Å². The number of aromatic nitrogens is 2. The fourth-order valence-electron chi connectivity index (χ4n) is 2.30. The van der Waals surface area contributed by atoms with Gasteiger partial charge in [0.1, 0.15) is 11.4 Å². The van der Waals surface area contributed by atoms with Crippen LogP contribution in [-0.4, -0.2) is 21.3 Å². The van der Waals surface area contributed by atoms with Gasteiger partial charge in [-0.3, -0.25) is 9.88 Å². The Labute approximate surface area is 129 Å².